The Morgan fingerprint density at radius 1 is 1.23 bits per heavy atom. The normalized spacial score (nSPS) is 18.8. The molecule has 8 heteroatoms. The van der Waals surface area contributed by atoms with E-state index >= 15 is 0 Å². The minimum Gasteiger partial charge on any atom is -1.00 e. The van der Waals surface area contributed by atoms with Crippen molar-refractivity contribution in [1.82, 2.24) is 4.31 Å². The fourth-order valence-electron chi connectivity index (χ4n) is 2.24. The van der Waals surface area contributed by atoms with E-state index in [0.29, 0.717) is 11.0 Å². The van der Waals surface area contributed by atoms with Gasteiger partial charge >= 0.3 is 6.09 Å². The lowest BCUT2D eigenvalue weighted by Crippen LogP contribution is -3.00. The number of rotatable bonds is 4. The Balaban J connectivity index is 0.00000242. The predicted octanol–water partition coefficient (Wildman–Crippen LogP) is -1.79. The molecular weight excluding hydrogens is 328 g/mol. The summed E-state index contributed by atoms with van der Waals surface area (Å²) < 4.78 is 31.6. The first-order valence-corrected chi connectivity index (χ1v) is 8.14. The largest absolute Gasteiger partial charge is 1.00 e. The van der Waals surface area contributed by atoms with Crippen molar-refractivity contribution >= 4 is 16.1 Å². The third-order valence-corrected chi connectivity index (χ3v) is 4.95. The molecule has 0 aromatic heterocycles. The van der Waals surface area contributed by atoms with Crippen LogP contribution in [0.4, 0.5) is 4.79 Å². The van der Waals surface area contributed by atoms with Crippen molar-refractivity contribution in [2.75, 3.05) is 34.2 Å². The Morgan fingerprint density at radius 3 is 2.27 bits per heavy atom. The van der Waals surface area contributed by atoms with Gasteiger partial charge in [-0.1, -0.05) is 17.7 Å². The highest BCUT2D eigenvalue weighted by atomic mass is 35.5. The Hall–Kier alpha value is -1.31. The first-order chi connectivity index (χ1) is 9.59. The summed E-state index contributed by atoms with van der Waals surface area (Å²) in [5.74, 6) is 0. The molecule has 1 fully saturated rings. The summed E-state index contributed by atoms with van der Waals surface area (Å²) in [6, 6.07) is 6.42. The van der Waals surface area contributed by atoms with E-state index < -0.39 is 22.2 Å². The van der Waals surface area contributed by atoms with Crippen LogP contribution in [0.3, 0.4) is 0 Å². The molecule has 0 bridgehead atoms. The van der Waals surface area contributed by atoms with E-state index in [0.717, 1.165) is 9.87 Å². The van der Waals surface area contributed by atoms with Crippen LogP contribution in [0.25, 0.3) is 0 Å². The molecule has 1 atom stereocenters. The molecule has 2 rings (SSSR count). The SMILES string of the molecule is Cc1ccc(S(=O)(=O)N2C[C@H](C[N+](C)(C)C)OC2=O)cc1.[Cl-]. The van der Waals surface area contributed by atoms with E-state index in [1.54, 1.807) is 12.1 Å². The number of quaternary nitrogens is 1. The third-order valence-electron chi connectivity index (χ3n) is 3.20. The van der Waals surface area contributed by atoms with Crippen LogP contribution in [0.5, 0.6) is 0 Å². The van der Waals surface area contributed by atoms with Crippen molar-refractivity contribution in [2.24, 2.45) is 0 Å². The molecule has 124 valence electrons. The maximum atomic E-state index is 12.5. The molecule has 1 heterocycles. The molecule has 1 aliphatic heterocycles. The molecule has 0 radical (unpaired) electrons. The van der Waals surface area contributed by atoms with Gasteiger partial charge in [0.15, 0.2) is 6.10 Å². The van der Waals surface area contributed by atoms with Gasteiger partial charge < -0.3 is 21.6 Å². The van der Waals surface area contributed by atoms with Gasteiger partial charge in [-0.3, -0.25) is 0 Å². The van der Waals surface area contributed by atoms with Crippen molar-refractivity contribution < 1.29 is 34.8 Å². The van der Waals surface area contributed by atoms with Gasteiger partial charge in [-0.2, -0.15) is 4.31 Å². The molecule has 1 saturated heterocycles. The molecule has 0 aliphatic carbocycles. The number of ether oxygens (including phenoxy) is 1. The zero-order valence-corrected chi connectivity index (χ0v) is 14.7. The lowest BCUT2D eigenvalue weighted by atomic mass is 10.2. The highest BCUT2D eigenvalue weighted by molar-refractivity contribution is 7.89. The van der Waals surface area contributed by atoms with E-state index in [2.05, 4.69) is 0 Å². The van der Waals surface area contributed by atoms with Gasteiger partial charge in [-0.15, -0.1) is 0 Å². The Bertz CT molecular complexity index is 638. The van der Waals surface area contributed by atoms with Crippen molar-refractivity contribution in [3.8, 4) is 0 Å². The number of hydrogen-bond donors (Lipinski definition) is 0. The van der Waals surface area contributed by atoms with E-state index in [4.69, 9.17) is 4.74 Å². The molecule has 6 nitrogen and oxygen atoms in total. The molecule has 0 unspecified atom stereocenters. The number of aryl methyl sites for hydroxylation is 1. The molecule has 1 aromatic carbocycles. The average molecular weight is 349 g/mol. The summed E-state index contributed by atoms with van der Waals surface area (Å²) in [5.41, 5.74) is 0.959. The van der Waals surface area contributed by atoms with Crippen molar-refractivity contribution in [2.45, 2.75) is 17.9 Å². The number of hydrogen-bond acceptors (Lipinski definition) is 4. The number of sulfonamides is 1. The average Bonchev–Trinajstić information content (AvgIpc) is 2.69. The van der Waals surface area contributed by atoms with Crippen LogP contribution in [0.15, 0.2) is 29.2 Å². The summed E-state index contributed by atoms with van der Waals surface area (Å²) >= 11 is 0. The van der Waals surface area contributed by atoms with Crippen LogP contribution < -0.4 is 12.4 Å². The number of benzene rings is 1. The van der Waals surface area contributed by atoms with Crippen molar-refractivity contribution in [3.05, 3.63) is 29.8 Å². The zero-order chi connectivity index (χ0) is 15.8. The van der Waals surface area contributed by atoms with Crippen LogP contribution in [-0.2, 0) is 14.8 Å². The van der Waals surface area contributed by atoms with E-state index in [-0.39, 0.29) is 23.8 Å². The summed E-state index contributed by atoms with van der Waals surface area (Å²) in [6.45, 7) is 2.49. The van der Waals surface area contributed by atoms with E-state index in [9.17, 15) is 13.2 Å². The topological polar surface area (TPSA) is 63.7 Å². The van der Waals surface area contributed by atoms with Crippen LogP contribution in [0, 0.1) is 6.92 Å². The monoisotopic (exact) mass is 348 g/mol. The number of carbonyl (C=O) groups excluding carboxylic acids is 1. The Labute approximate surface area is 137 Å². The number of amides is 1. The highest BCUT2D eigenvalue weighted by Crippen LogP contribution is 2.23. The quantitative estimate of drug-likeness (QED) is 0.603. The minimum absolute atomic E-state index is 0. The van der Waals surface area contributed by atoms with Gasteiger partial charge in [0.25, 0.3) is 10.0 Å². The second kappa shape index (κ2) is 6.44. The smallest absolute Gasteiger partial charge is 0.424 e. The third kappa shape index (κ3) is 4.12. The zero-order valence-electron chi connectivity index (χ0n) is 13.1. The number of halogens is 1. The number of cyclic esters (lactones) is 1. The van der Waals surface area contributed by atoms with Crippen LogP contribution >= 0.6 is 0 Å². The van der Waals surface area contributed by atoms with Gasteiger partial charge in [0.05, 0.1) is 32.6 Å². The first kappa shape index (κ1) is 18.7. The van der Waals surface area contributed by atoms with Crippen LogP contribution in [0.2, 0.25) is 0 Å². The van der Waals surface area contributed by atoms with Gasteiger partial charge in [-0.25, -0.2) is 13.2 Å². The van der Waals surface area contributed by atoms with Gasteiger partial charge in [0.2, 0.25) is 0 Å². The number of likely N-dealkylation sites (N-methyl/N-ethyl adjacent to an activating group) is 1. The van der Waals surface area contributed by atoms with Gasteiger partial charge in [0.1, 0.15) is 6.54 Å². The highest BCUT2D eigenvalue weighted by Gasteiger charge is 2.42. The standard InChI is InChI=1S/C14H21N2O4S.ClH/c1-11-5-7-13(8-6-11)21(18,19)15-9-12(20-14(15)17)10-16(2,3)4;/h5-8,12H,9-10H2,1-4H3;1H/q+1;/p-1/t12-;/m1./s1. The summed E-state index contributed by atoms with van der Waals surface area (Å²) in [5, 5.41) is 0. The summed E-state index contributed by atoms with van der Waals surface area (Å²) in [6.07, 6.45) is -1.22. The second-order valence-corrected chi connectivity index (χ2v) is 8.19. The molecule has 0 saturated carbocycles. The predicted molar refractivity (Wildman–Crippen MR) is 78.2 cm³/mol. The minimum atomic E-state index is -3.84. The Morgan fingerprint density at radius 2 is 1.77 bits per heavy atom. The number of nitrogens with zero attached hydrogens (tertiary/aromatic N) is 2. The fraction of sp³-hybridized carbons (Fsp3) is 0.500. The van der Waals surface area contributed by atoms with Gasteiger partial charge in [-0.05, 0) is 19.1 Å². The molecule has 1 amide bonds. The van der Waals surface area contributed by atoms with E-state index in [1.807, 2.05) is 28.1 Å². The molecule has 0 N–H and O–H groups in total. The molecule has 22 heavy (non-hydrogen) atoms. The van der Waals surface area contributed by atoms with Crippen LogP contribution in [-0.4, -0.2) is 63.6 Å². The molecular formula is C14H21ClN2O4S. The lowest BCUT2D eigenvalue weighted by Gasteiger charge is -2.25. The Kier molecular flexibility index (Phi) is 5.48. The molecule has 0 spiro atoms. The van der Waals surface area contributed by atoms with Crippen molar-refractivity contribution in [1.29, 1.82) is 0 Å². The first-order valence-electron chi connectivity index (χ1n) is 6.70. The van der Waals surface area contributed by atoms with Crippen molar-refractivity contribution in [3.63, 3.8) is 0 Å². The number of carbonyl (C=O) groups is 1. The fourth-order valence-corrected chi connectivity index (χ4v) is 3.57. The molecule has 1 aliphatic rings. The van der Waals surface area contributed by atoms with Gasteiger partial charge in [0, 0.05) is 0 Å². The second-order valence-electron chi connectivity index (χ2n) is 6.33. The summed E-state index contributed by atoms with van der Waals surface area (Å²) in [7, 11) is 2.05. The molecule has 1 aromatic rings. The summed E-state index contributed by atoms with van der Waals surface area (Å²) in [4.78, 5) is 12.0. The maximum absolute atomic E-state index is 12.5. The van der Waals surface area contributed by atoms with Crippen LogP contribution in [0.1, 0.15) is 5.56 Å². The maximum Gasteiger partial charge on any atom is 0.424 e. The van der Waals surface area contributed by atoms with E-state index in [1.165, 1.54) is 12.1 Å². The lowest BCUT2D eigenvalue weighted by molar-refractivity contribution is -0.873.